The molecule has 1 unspecified atom stereocenters. The van der Waals surface area contributed by atoms with E-state index in [2.05, 4.69) is 18.6 Å². The number of benzene rings is 1. The molecule has 1 heterocycles. The Balaban J connectivity index is 2.06. The molecule has 1 aromatic heterocycles. The molecule has 1 saturated carbocycles. The average molecular weight is 442 g/mol. The first-order valence-corrected chi connectivity index (χ1v) is 10.4. The van der Waals surface area contributed by atoms with Gasteiger partial charge in [-0.05, 0) is 48.5 Å². The van der Waals surface area contributed by atoms with Gasteiger partial charge >= 0.3 is 13.5 Å². The van der Waals surface area contributed by atoms with Gasteiger partial charge in [-0.25, -0.2) is 0 Å². The van der Waals surface area contributed by atoms with Crippen molar-refractivity contribution < 1.29 is 42.6 Å². The Morgan fingerprint density at radius 3 is 2.42 bits per heavy atom. The van der Waals surface area contributed by atoms with Gasteiger partial charge in [0, 0.05) is 10.9 Å². The fourth-order valence-electron chi connectivity index (χ4n) is 6.16. The summed E-state index contributed by atoms with van der Waals surface area (Å²) in [5.74, 6) is -1.42. The molecule has 4 N–H and O–H groups in total. The van der Waals surface area contributed by atoms with Gasteiger partial charge in [0.1, 0.15) is 17.4 Å². The standard InChI is InChI=1S/C21H26BF3O6/c1-19(2)7-4-8-20(3)13(19)6-5-12(31-21(23,24)25)18-14(20)10-9-11(26)16(27)15(22(28)29)17(10)30-18/h9,12-13,26-29H,4-8H2,1-3H3/t12?,13-,20-/m1/s1. The number of furan rings is 1. The summed E-state index contributed by atoms with van der Waals surface area (Å²) in [7, 11) is -2.20. The summed E-state index contributed by atoms with van der Waals surface area (Å²) in [6.45, 7) is 6.20. The average Bonchev–Trinajstić information content (AvgIpc) is 2.93. The third-order valence-corrected chi connectivity index (χ3v) is 7.34. The maximum atomic E-state index is 13.3. The van der Waals surface area contributed by atoms with Gasteiger partial charge < -0.3 is 24.7 Å². The molecule has 31 heavy (non-hydrogen) atoms. The van der Waals surface area contributed by atoms with Crippen LogP contribution < -0.4 is 5.46 Å². The highest BCUT2D eigenvalue weighted by molar-refractivity contribution is 6.63. The van der Waals surface area contributed by atoms with Crippen LogP contribution in [0.15, 0.2) is 10.5 Å². The molecule has 170 valence electrons. The zero-order valence-corrected chi connectivity index (χ0v) is 17.6. The molecule has 0 saturated heterocycles. The Labute approximate surface area is 177 Å². The maximum absolute atomic E-state index is 13.3. The Hall–Kier alpha value is -1.91. The van der Waals surface area contributed by atoms with Crippen molar-refractivity contribution in [1.29, 1.82) is 0 Å². The summed E-state index contributed by atoms with van der Waals surface area (Å²) < 4.78 is 50.0. The van der Waals surface area contributed by atoms with E-state index in [1.54, 1.807) is 0 Å². The van der Waals surface area contributed by atoms with Crippen LogP contribution in [-0.2, 0) is 10.2 Å². The molecular formula is C21H26BF3O6. The zero-order chi connectivity index (χ0) is 22.9. The van der Waals surface area contributed by atoms with E-state index in [4.69, 9.17) is 4.42 Å². The molecule has 6 nitrogen and oxygen atoms in total. The number of hydrogen-bond donors (Lipinski definition) is 4. The molecule has 2 aliphatic carbocycles. The Morgan fingerprint density at radius 2 is 1.81 bits per heavy atom. The number of aromatic hydroxyl groups is 2. The second-order valence-electron chi connectivity index (χ2n) is 9.69. The summed E-state index contributed by atoms with van der Waals surface area (Å²) in [6, 6.07) is 1.22. The zero-order valence-electron chi connectivity index (χ0n) is 17.6. The van der Waals surface area contributed by atoms with Crippen molar-refractivity contribution in [2.24, 2.45) is 11.3 Å². The van der Waals surface area contributed by atoms with E-state index in [-0.39, 0.29) is 34.5 Å². The van der Waals surface area contributed by atoms with Gasteiger partial charge in [-0.2, -0.15) is 0 Å². The van der Waals surface area contributed by atoms with E-state index in [9.17, 15) is 33.4 Å². The van der Waals surface area contributed by atoms with Gasteiger partial charge in [-0.1, -0.05) is 27.2 Å². The second kappa shape index (κ2) is 7.05. The van der Waals surface area contributed by atoms with Gasteiger partial charge in [0.15, 0.2) is 11.5 Å². The van der Waals surface area contributed by atoms with Crippen molar-refractivity contribution >= 4 is 23.6 Å². The van der Waals surface area contributed by atoms with Gasteiger partial charge in [-0.15, -0.1) is 13.2 Å². The maximum Gasteiger partial charge on any atom is 0.523 e. The quantitative estimate of drug-likeness (QED) is 0.415. The van der Waals surface area contributed by atoms with Crippen molar-refractivity contribution in [1.82, 2.24) is 0 Å². The molecule has 0 spiro atoms. The summed E-state index contributed by atoms with van der Waals surface area (Å²) in [5, 5.41) is 40.3. The number of phenols is 2. The number of phenolic OH excluding ortho intramolecular Hbond substituents is 2. The second-order valence-corrected chi connectivity index (χ2v) is 9.69. The first kappa shape index (κ1) is 22.3. The van der Waals surface area contributed by atoms with Crippen LogP contribution in [0.1, 0.15) is 70.3 Å². The Bertz CT molecular complexity index is 1010. The number of hydrogen-bond acceptors (Lipinski definition) is 6. The minimum atomic E-state index is -4.89. The molecule has 10 heteroatoms. The van der Waals surface area contributed by atoms with Crippen LogP contribution in [0.4, 0.5) is 13.2 Å². The molecule has 2 aliphatic rings. The van der Waals surface area contributed by atoms with Crippen molar-refractivity contribution in [3.05, 3.63) is 17.4 Å². The number of alkyl halides is 3. The van der Waals surface area contributed by atoms with Crippen molar-refractivity contribution in [2.45, 2.75) is 70.8 Å². The third-order valence-electron chi connectivity index (χ3n) is 7.34. The monoisotopic (exact) mass is 442 g/mol. The predicted octanol–water partition coefficient (Wildman–Crippen LogP) is 3.98. The van der Waals surface area contributed by atoms with Crippen LogP contribution in [0.25, 0.3) is 11.0 Å². The molecule has 1 aromatic carbocycles. The topological polar surface area (TPSA) is 103 Å². The van der Waals surface area contributed by atoms with Crippen LogP contribution in [0.2, 0.25) is 0 Å². The van der Waals surface area contributed by atoms with E-state index >= 15 is 0 Å². The predicted molar refractivity (Wildman–Crippen MR) is 107 cm³/mol. The lowest BCUT2D eigenvalue weighted by atomic mass is 9.53. The molecule has 0 bridgehead atoms. The van der Waals surface area contributed by atoms with Crippen LogP contribution in [0, 0.1) is 11.3 Å². The lowest BCUT2D eigenvalue weighted by molar-refractivity contribution is -0.347. The fourth-order valence-corrected chi connectivity index (χ4v) is 6.16. The first-order valence-electron chi connectivity index (χ1n) is 10.4. The molecule has 0 aliphatic heterocycles. The minimum absolute atomic E-state index is 0.00794. The molecular weight excluding hydrogens is 416 g/mol. The largest absolute Gasteiger partial charge is 0.523 e. The smallest absolute Gasteiger partial charge is 0.504 e. The van der Waals surface area contributed by atoms with E-state index < -0.39 is 42.0 Å². The fraction of sp³-hybridized carbons (Fsp3) is 0.619. The van der Waals surface area contributed by atoms with E-state index in [0.29, 0.717) is 18.4 Å². The van der Waals surface area contributed by atoms with Gasteiger partial charge in [0.25, 0.3) is 0 Å². The Morgan fingerprint density at radius 1 is 1.13 bits per heavy atom. The molecule has 1 fully saturated rings. The van der Waals surface area contributed by atoms with Crippen molar-refractivity contribution in [3.63, 3.8) is 0 Å². The van der Waals surface area contributed by atoms with Gasteiger partial charge in [0.2, 0.25) is 0 Å². The highest BCUT2D eigenvalue weighted by Gasteiger charge is 2.53. The third kappa shape index (κ3) is 3.48. The number of ether oxygens (including phenoxy) is 1. The van der Waals surface area contributed by atoms with Crippen molar-refractivity contribution in [2.75, 3.05) is 0 Å². The molecule has 0 radical (unpaired) electrons. The van der Waals surface area contributed by atoms with Gasteiger partial charge in [0.05, 0.1) is 5.46 Å². The lowest BCUT2D eigenvalue weighted by Crippen LogP contribution is -2.44. The van der Waals surface area contributed by atoms with E-state index in [1.807, 2.05) is 6.92 Å². The summed E-state index contributed by atoms with van der Waals surface area (Å²) in [6.07, 6.45) is -3.27. The highest BCUT2D eigenvalue weighted by atomic mass is 19.4. The Kier molecular flexibility index (Phi) is 5.07. The first-order chi connectivity index (χ1) is 14.3. The number of halogens is 3. The van der Waals surface area contributed by atoms with Crippen LogP contribution in [0.5, 0.6) is 11.5 Å². The number of fused-ring (bicyclic) bond motifs is 5. The molecule has 4 rings (SSSR count). The summed E-state index contributed by atoms with van der Waals surface area (Å²) in [5.41, 5.74) is -0.906. The van der Waals surface area contributed by atoms with Crippen molar-refractivity contribution in [3.8, 4) is 11.5 Å². The molecule has 0 amide bonds. The van der Waals surface area contributed by atoms with Gasteiger partial charge in [-0.3, -0.25) is 4.74 Å². The van der Waals surface area contributed by atoms with E-state index in [0.717, 1.165) is 12.8 Å². The molecule has 2 aromatic rings. The normalized spacial score (nSPS) is 28.1. The van der Waals surface area contributed by atoms with Crippen LogP contribution in [0.3, 0.4) is 0 Å². The highest BCUT2D eigenvalue weighted by Crippen LogP contribution is 2.60. The van der Waals surface area contributed by atoms with Crippen LogP contribution in [-0.4, -0.2) is 33.7 Å². The lowest BCUT2D eigenvalue weighted by Gasteiger charge is -2.50. The summed E-state index contributed by atoms with van der Waals surface area (Å²) >= 11 is 0. The number of rotatable bonds is 2. The summed E-state index contributed by atoms with van der Waals surface area (Å²) in [4.78, 5) is 0. The SMILES string of the molecule is CC1(C)CCC[C@@]2(C)c3c(oc4c(B(O)O)c(O)c(O)cc34)C(OC(F)(F)F)CC[C@H]12. The minimum Gasteiger partial charge on any atom is -0.504 e. The molecule has 3 atom stereocenters. The van der Waals surface area contributed by atoms with Crippen LogP contribution >= 0.6 is 0 Å². The van der Waals surface area contributed by atoms with E-state index in [1.165, 1.54) is 6.07 Å².